The Labute approximate surface area is 74.6 Å². The van der Waals surface area contributed by atoms with E-state index >= 15 is 0 Å². The van der Waals surface area contributed by atoms with E-state index < -0.39 is 5.97 Å². The molecule has 5 nitrogen and oxygen atoms in total. The first kappa shape index (κ1) is 9.47. The van der Waals surface area contributed by atoms with Gasteiger partial charge in [-0.25, -0.2) is 9.78 Å². The van der Waals surface area contributed by atoms with Gasteiger partial charge in [0.05, 0.1) is 12.8 Å². The molecule has 0 amide bonds. The molecule has 0 aliphatic rings. The van der Waals surface area contributed by atoms with Crippen molar-refractivity contribution in [3.05, 3.63) is 24.0 Å². The van der Waals surface area contributed by atoms with Crippen molar-refractivity contribution >= 4 is 5.97 Å². The maximum atomic E-state index is 10.4. The summed E-state index contributed by atoms with van der Waals surface area (Å²) in [7, 11) is 0. The number of aromatic carboxylic acids is 1. The van der Waals surface area contributed by atoms with E-state index in [2.05, 4.69) is 4.98 Å². The fourth-order valence-electron chi connectivity index (χ4n) is 0.756. The largest absolute Gasteiger partial charge is 0.490 e. The fraction of sp³-hybridized carbons (Fsp3) is 0.250. The molecule has 0 fully saturated rings. The van der Waals surface area contributed by atoms with Gasteiger partial charge in [-0.2, -0.15) is 0 Å². The van der Waals surface area contributed by atoms with Gasteiger partial charge < -0.3 is 14.9 Å². The molecule has 1 rings (SSSR count). The molecule has 0 bridgehead atoms. The van der Waals surface area contributed by atoms with Crippen LogP contribution in [-0.4, -0.2) is 34.4 Å². The van der Waals surface area contributed by atoms with Gasteiger partial charge in [0.2, 0.25) is 0 Å². The summed E-state index contributed by atoms with van der Waals surface area (Å²) in [5.41, 5.74) is -0.0312. The zero-order chi connectivity index (χ0) is 9.68. The molecular weight excluding hydrogens is 174 g/mol. The number of nitrogens with zero attached hydrogens (tertiary/aromatic N) is 1. The van der Waals surface area contributed by atoms with Gasteiger partial charge in [0.1, 0.15) is 18.1 Å². The normalized spacial score (nSPS) is 9.62. The number of ether oxygens (including phenoxy) is 1. The lowest BCUT2D eigenvalue weighted by Crippen LogP contribution is -2.03. The van der Waals surface area contributed by atoms with Gasteiger partial charge in [0.25, 0.3) is 0 Å². The van der Waals surface area contributed by atoms with Crippen LogP contribution in [0.15, 0.2) is 18.3 Å². The number of carboxylic acids is 1. The summed E-state index contributed by atoms with van der Waals surface area (Å²) in [6.07, 6.45) is 1.30. The molecular formula is C8H9NO4. The minimum absolute atomic E-state index is 0.0312. The van der Waals surface area contributed by atoms with Crippen LogP contribution in [0.3, 0.4) is 0 Å². The third-order valence-electron chi connectivity index (χ3n) is 1.32. The van der Waals surface area contributed by atoms with Crippen LogP contribution in [-0.2, 0) is 0 Å². The number of carbonyl (C=O) groups is 1. The van der Waals surface area contributed by atoms with E-state index in [4.69, 9.17) is 14.9 Å². The Balaban J connectivity index is 2.64. The van der Waals surface area contributed by atoms with Crippen LogP contribution in [0.1, 0.15) is 10.5 Å². The molecule has 0 unspecified atom stereocenters. The van der Waals surface area contributed by atoms with Crippen LogP contribution in [0.2, 0.25) is 0 Å². The summed E-state index contributed by atoms with van der Waals surface area (Å²) >= 11 is 0. The highest BCUT2D eigenvalue weighted by Crippen LogP contribution is 2.08. The van der Waals surface area contributed by atoms with Crippen LogP contribution in [0.4, 0.5) is 0 Å². The standard InChI is InChI=1S/C8H9NO4/c10-3-4-13-6-1-2-7(8(11)12)9-5-6/h1-2,5,10H,3-4H2,(H,11,12). The molecule has 0 saturated heterocycles. The van der Waals surface area contributed by atoms with E-state index in [0.29, 0.717) is 5.75 Å². The topological polar surface area (TPSA) is 79.7 Å². The highest BCUT2D eigenvalue weighted by Gasteiger charge is 2.03. The first-order valence-corrected chi connectivity index (χ1v) is 3.67. The second kappa shape index (κ2) is 4.42. The first-order valence-electron chi connectivity index (χ1n) is 3.67. The third kappa shape index (κ3) is 2.72. The van der Waals surface area contributed by atoms with Crippen LogP contribution in [0.25, 0.3) is 0 Å². The number of aromatic nitrogens is 1. The lowest BCUT2D eigenvalue weighted by atomic mass is 10.3. The van der Waals surface area contributed by atoms with Gasteiger partial charge in [-0.3, -0.25) is 0 Å². The lowest BCUT2D eigenvalue weighted by molar-refractivity contribution is 0.0690. The zero-order valence-electron chi connectivity index (χ0n) is 6.80. The second-order valence-corrected chi connectivity index (χ2v) is 2.26. The summed E-state index contributed by atoms with van der Waals surface area (Å²) in [6.45, 7) is 0.0920. The van der Waals surface area contributed by atoms with Crippen molar-refractivity contribution in [3.63, 3.8) is 0 Å². The highest BCUT2D eigenvalue weighted by atomic mass is 16.5. The van der Waals surface area contributed by atoms with Crippen molar-refractivity contribution in [2.45, 2.75) is 0 Å². The molecule has 13 heavy (non-hydrogen) atoms. The summed E-state index contributed by atoms with van der Waals surface area (Å²) in [4.78, 5) is 14.0. The number of hydrogen-bond donors (Lipinski definition) is 2. The van der Waals surface area contributed by atoms with Gasteiger partial charge >= 0.3 is 5.97 Å². The number of hydrogen-bond acceptors (Lipinski definition) is 4. The van der Waals surface area contributed by atoms with E-state index in [1.54, 1.807) is 0 Å². The molecule has 0 spiro atoms. The molecule has 1 heterocycles. The quantitative estimate of drug-likeness (QED) is 0.694. The number of pyridine rings is 1. The fourth-order valence-corrected chi connectivity index (χ4v) is 0.756. The molecule has 70 valence electrons. The van der Waals surface area contributed by atoms with E-state index in [1.807, 2.05) is 0 Å². The molecule has 0 aliphatic heterocycles. The lowest BCUT2D eigenvalue weighted by Gasteiger charge is -2.02. The van der Waals surface area contributed by atoms with Crippen molar-refractivity contribution in [2.24, 2.45) is 0 Å². The number of aliphatic hydroxyl groups is 1. The molecule has 0 radical (unpaired) electrons. The van der Waals surface area contributed by atoms with Crippen LogP contribution < -0.4 is 4.74 Å². The van der Waals surface area contributed by atoms with Gasteiger partial charge in [-0.15, -0.1) is 0 Å². The molecule has 1 aromatic rings. The first-order chi connectivity index (χ1) is 6.24. The van der Waals surface area contributed by atoms with Crippen molar-refractivity contribution in [1.29, 1.82) is 0 Å². The minimum atomic E-state index is -1.08. The second-order valence-electron chi connectivity index (χ2n) is 2.26. The third-order valence-corrected chi connectivity index (χ3v) is 1.32. The molecule has 0 saturated carbocycles. The summed E-state index contributed by atoms with van der Waals surface area (Å²) in [6, 6.07) is 2.83. The highest BCUT2D eigenvalue weighted by molar-refractivity contribution is 5.85. The molecule has 0 aromatic carbocycles. The maximum Gasteiger partial charge on any atom is 0.354 e. The summed E-state index contributed by atoms with van der Waals surface area (Å²) in [5.74, 6) is -0.632. The average molecular weight is 183 g/mol. The predicted molar refractivity (Wildman–Crippen MR) is 43.8 cm³/mol. The van der Waals surface area contributed by atoms with Crippen LogP contribution >= 0.6 is 0 Å². The maximum absolute atomic E-state index is 10.4. The van der Waals surface area contributed by atoms with Crippen LogP contribution in [0, 0.1) is 0 Å². The molecule has 5 heteroatoms. The van der Waals surface area contributed by atoms with E-state index in [-0.39, 0.29) is 18.9 Å². The van der Waals surface area contributed by atoms with Crippen LogP contribution in [0.5, 0.6) is 5.75 Å². The van der Waals surface area contributed by atoms with E-state index in [0.717, 1.165) is 0 Å². The summed E-state index contributed by atoms with van der Waals surface area (Å²) < 4.78 is 4.98. The smallest absolute Gasteiger partial charge is 0.354 e. The monoisotopic (exact) mass is 183 g/mol. The Morgan fingerprint density at radius 3 is 2.77 bits per heavy atom. The van der Waals surface area contributed by atoms with Crippen molar-refractivity contribution in [1.82, 2.24) is 4.98 Å². The van der Waals surface area contributed by atoms with Gasteiger partial charge in [0.15, 0.2) is 0 Å². The molecule has 2 N–H and O–H groups in total. The zero-order valence-corrected chi connectivity index (χ0v) is 6.80. The average Bonchev–Trinajstić information content (AvgIpc) is 2.15. The molecule has 0 atom stereocenters. The summed E-state index contributed by atoms with van der Waals surface area (Å²) in [5, 5.41) is 16.9. The van der Waals surface area contributed by atoms with Gasteiger partial charge in [-0.05, 0) is 12.1 Å². The van der Waals surface area contributed by atoms with Gasteiger partial charge in [0, 0.05) is 0 Å². The number of aliphatic hydroxyl groups excluding tert-OH is 1. The number of carboxylic acid groups (broad SMARTS) is 1. The Bertz CT molecular complexity index is 283. The van der Waals surface area contributed by atoms with E-state index in [9.17, 15) is 4.79 Å². The Morgan fingerprint density at radius 1 is 1.54 bits per heavy atom. The minimum Gasteiger partial charge on any atom is -0.490 e. The predicted octanol–water partition coefficient (Wildman–Crippen LogP) is 0.151. The SMILES string of the molecule is O=C(O)c1ccc(OCCO)cn1. The van der Waals surface area contributed by atoms with Crippen molar-refractivity contribution in [2.75, 3.05) is 13.2 Å². The van der Waals surface area contributed by atoms with E-state index in [1.165, 1.54) is 18.3 Å². The van der Waals surface area contributed by atoms with Gasteiger partial charge in [-0.1, -0.05) is 0 Å². The van der Waals surface area contributed by atoms with Crippen molar-refractivity contribution in [3.8, 4) is 5.75 Å². The number of rotatable bonds is 4. The molecule has 1 aromatic heterocycles. The Kier molecular flexibility index (Phi) is 3.22. The van der Waals surface area contributed by atoms with Crippen molar-refractivity contribution < 1.29 is 19.7 Å². The Hall–Kier alpha value is -1.62. The molecule has 0 aliphatic carbocycles. The Morgan fingerprint density at radius 2 is 2.31 bits per heavy atom.